The monoisotopic (exact) mass is 354 g/mol. The summed E-state index contributed by atoms with van der Waals surface area (Å²) >= 11 is 3.40. The van der Waals surface area contributed by atoms with Gasteiger partial charge in [-0.3, -0.25) is 4.79 Å². The van der Waals surface area contributed by atoms with Gasteiger partial charge in [0.25, 0.3) is 5.91 Å². The van der Waals surface area contributed by atoms with Crippen LogP contribution >= 0.6 is 15.9 Å². The fourth-order valence-electron chi connectivity index (χ4n) is 2.06. The number of halogens is 1. The van der Waals surface area contributed by atoms with Gasteiger partial charge in [-0.05, 0) is 42.9 Å². The zero-order valence-electron chi connectivity index (χ0n) is 13.5. The molecule has 0 fully saturated rings. The first-order valence-electron chi connectivity index (χ1n) is 7.65. The Kier molecular flexibility index (Phi) is 7.23. The zero-order valence-corrected chi connectivity index (χ0v) is 15.1. The lowest BCUT2D eigenvalue weighted by atomic mass is 10.1. The lowest BCUT2D eigenvalue weighted by Crippen LogP contribution is -2.34. The highest BCUT2D eigenvalue weighted by Gasteiger charge is 2.17. The first-order valence-corrected chi connectivity index (χ1v) is 8.44. The molecule has 1 amide bonds. The topological polar surface area (TPSA) is 46.3 Å². The van der Waals surface area contributed by atoms with Crippen molar-refractivity contribution in [3.8, 4) is 0 Å². The zero-order chi connectivity index (χ0) is 16.0. The molecule has 0 aliphatic carbocycles. The number of hydrogen-bond acceptors (Lipinski definition) is 2. The smallest absolute Gasteiger partial charge is 0.253 e. The molecule has 0 radical (unpaired) electrons. The van der Waals surface area contributed by atoms with E-state index in [1.54, 1.807) is 6.07 Å². The van der Waals surface area contributed by atoms with Crippen molar-refractivity contribution in [2.75, 3.05) is 18.8 Å². The van der Waals surface area contributed by atoms with Gasteiger partial charge < -0.3 is 10.6 Å². The van der Waals surface area contributed by atoms with Crippen molar-refractivity contribution in [1.82, 2.24) is 4.90 Å². The first kappa shape index (κ1) is 18.0. The highest BCUT2D eigenvalue weighted by Crippen LogP contribution is 2.19. The van der Waals surface area contributed by atoms with Crippen molar-refractivity contribution in [1.29, 1.82) is 0 Å². The van der Waals surface area contributed by atoms with Crippen molar-refractivity contribution in [2.24, 2.45) is 11.8 Å². The van der Waals surface area contributed by atoms with Crippen LogP contribution in [0.4, 0.5) is 5.69 Å². The van der Waals surface area contributed by atoms with Crippen LogP contribution in [0.25, 0.3) is 0 Å². The maximum atomic E-state index is 12.7. The summed E-state index contributed by atoms with van der Waals surface area (Å²) in [5, 5.41) is 0. The number of nitrogen functional groups attached to an aromatic ring is 1. The van der Waals surface area contributed by atoms with Gasteiger partial charge in [-0.15, -0.1) is 0 Å². The maximum Gasteiger partial charge on any atom is 0.253 e. The van der Waals surface area contributed by atoms with Gasteiger partial charge in [-0.25, -0.2) is 0 Å². The molecule has 21 heavy (non-hydrogen) atoms. The molecule has 0 aliphatic heterocycles. The van der Waals surface area contributed by atoms with Gasteiger partial charge in [0.1, 0.15) is 0 Å². The standard InChI is InChI=1S/C17H27BrN2O/c1-12(2)5-7-20(8-6-13(3)4)17(21)14-9-15(18)11-16(19)10-14/h9-13H,5-8,19H2,1-4H3. The van der Waals surface area contributed by atoms with Crippen LogP contribution in [0, 0.1) is 11.8 Å². The average Bonchev–Trinajstić information content (AvgIpc) is 2.36. The van der Waals surface area contributed by atoms with E-state index in [9.17, 15) is 4.79 Å². The number of carbonyl (C=O) groups excluding carboxylic acids is 1. The predicted octanol–water partition coefficient (Wildman–Crippen LogP) is 4.57. The molecular weight excluding hydrogens is 328 g/mol. The van der Waals surface area contributed by atoms with Crippen LogP contribution in [-0.2, 0) is 0 Å². The lowest BCUT2D eigenvalue weighted by Gasteiger charge is -2.25. The quantitative estimate of drug-likeness (QED) is 0.729. The van der Waals surface area contributed by atoms with Crippen LogP contribution < -0.4 is 5.73 Å². The Balaban J connectivity index is 2.86. The van der Waals surface area contributed by atoms with Crippen molar-refractivity contribution < 1.29 is 4.79 Å². The van der Waals surface area contributed by atoms with Crippen molar-refractivity contribution in [2.45, 2.75) is 40.5 Å². The van der Waals surface area contributed by atoms with Gasteiger partial charge in [-0.2, -0.15) is 0 Å². The molecule has 0 atom stereocenters. The summed E-state index contributed by atoms with van der Waals surface area (Å²) in [5.41, 5.74) is 7.11. The van der Waals surface area contributed by atoms with Crippen LogP contribution in [-0.4, -0.2) is 23.9 Å². The molecule has 4 heteroatoms. The molecule has 1 rings (SSSR count). The van der Waals surface area contributed by atoms with E-state index >= 15 is 0 Å². The second-order valence-corrected chi connectivity index (χ2v) is 7.35. The second kappa shape index (κ2) is 8.42. The number of anilines is 1. The fraction of sp³-hybridized carbons (Fsp3) is 0.588. The van der Waals surface area contributed by atoms with Gasteiger partial charge >= 0.3 is 0 Å². The van der Waals surface area contributed by atoms with Gasteiger partial charge in [0, 0.05) is 28.8 Å². The van der Waals surface area contributed by atoms with Crippen LogP contribution in [0.5, 0.6) is 0 Å². The number of rotatable bonds is 7. The summed E-state index contributed by atoms with van der Waals surface area (Å²) in [7, 11) is 0. The van der Waals surface area contributed by atoms with Gasteiger partial charge in [0.2, 0.25) is 0 Å². The Labute approximate surface area is 137 Å². The third-order valence-electron chi connectivity index (χ3n) is 3.41. The van der Waals surface area contributed by atoms with E-state index < -0.39 is 0 Å². The molecule has 0 unspecified atom stereocenters. The number of carbonyl (C=O) groups is 1. The molecule has 0 aliphatic rings. The first-order chi connectivity index (χ1) is 9.79. The molecule has 2 N–H and O–H groups in total. The molecule has 1 aromatic rings. The van der Waals surface area contributed by atoms with Crippen molar-refractivity contribution in [3.05, 3.63) is 28.2 Å². The summed E-state index contributed by atoms with van der Waals surface area (Å²) in [6, 6.07) is 5.41. The summed E-state index contributed by atoms with van der Waals surface area (Å²) in [5.74, 6) is 1.25. The number of hydrogen-bond donors (Lipinski definition) is 1. The minimum Gasteiger partial charge on any atom is -0.399 e. The molecule has 0 spiro atoms. The Bertz CT molecular complexity index is 440. The average molecular weight is 355 g/mol. The van der Waals surface area contributed by atoms with Gasteiger partial charge in [0.05, 0.1) is 0 Å². The third-order valence-corrected chi connectivity index (χ3v) is 3.86. The number of amides is 1. The third kappa shape index (κ3) is 6.51. The second-order valence-electron chi connectivity index (χ2n) is 6.43. The Hall–Kier alpha value is -1.03. The Morgan fingerprint density at radius 3 is 2.05 bits per heavy atom. The van der Waals surface area contributed by atoms with Crippen LogP contribution in [0.15, 0.2) is 22.7 Å². The maximum absolute atomic E-state index is 12.7. The fourth-order valence-corrected chi connectivity index (χ4v) is 2.57. The summed E-state index contributed by atoms with van der Waals surface area (Å²) in [6.07, 6.45) is 2.04. The molecule has 0 saturated heterocycles. The van der Waals surface area contributed by atoms with Crippen molar-refractivity contribution >= 4 is 27.5 Å². The predicted molar refractivity (Wildman–Crippen MR) is 93.4 cm³/mol. The van der Waals surface area contributed by atoms with E-state index in [1.165, 1.54) is 0 Å². The molecule has 0 aromatic heterocycles. The summed E-state index contributed by atoms with van der Waals surface area (Å²) in [6.45, 7) is 10.3. The van der Waals surface area contributed by atoms with Gasteiger partial charge in [-0.1, -0.05) is 43.6 Å². The lowest BCUT2D eigenvalue weighted by molar-refractivity contribution is 0.0741. The van der Waals surface area contributed by atoms with Crippen LogP contribution in [0.1, 0.15) is 50.9 Å². The normalized spacial score (nSPS) is 11.2. The van der Waals surface area contributed by atoms with Gasteiger partial charge in [0.15, 0.2) is 0 Å². The SMILES string of the molecule is CC(C)CCN(CCC(C)C)C(=O)c1cc(N)cc(Br)c1. The molecule has 0 saturated carbocycles. The largest absolute Gasteiger partial charge is 0.399 e. The molecule has 118 valence electrons. The van der Waals surface area contributed by atoms with Crippen molar-refractivity contribution in [3.63, 3.8) is 0 Å². The number of benzene rings is 1. The number of nitrogens with zero attached hydrogens (tertiary/aromatic N) is 1. The van der Waals surface area contributed by atoms with E-state index in [2.05, 4.69) is 43.6 Å². The molecule has 1 aromatic carbocycles. The molecule has 0 heterocycles. The van der Waals surface area contributed by atoms with E-state index in [0.29, 0.717) is 23.1 Å². The highest BCUT2D eigenvalue weighted by molar-refractivity contribution is 9.10. The van der Waals surface area contributed by atoms with E-state index in [4.69, 9.17) is 5.73 Å². The summed E-state index contributed by atoms with van der Waals surface area (Å²) < 4.78 is 0.846. The minimum atomic E-state index is 0.0734. The summed E-state index contributed by atoms with van der Waals surface area (Å²) in [4.78, 5) is 14.7. The number of nitrogens with two attached hydrogens (primary N) is 1. The van der Waals surface area contributed by atoms with E-state index in [1.807, 2.05) is 17.0 Å². The van der Waals surface area contributed by atoms with E-state index in [0.717, 1.165) is 30.4 Å². The Morgan fingerprint density at radius 1 is 1.10 bits per heavy atom. The Morgan fingerprint density at radius 2 is 1.62 bits per heavy atom. The van der Waals surface area contributed by atoms with Crippen LogP contribution in [0.2, 0.25) is 0 Å². The van der Waals surface area contributed by atoms with Crippen LogP contribution in [0.3, 0.4) is 0 Å². The van der Waals surface area contributed by atoms with E-state index in [-0.39, 0.29) is 5.91 Å². The minimum absolute atomic E-state index is 0.0734. The molecular formula is C17H27BrN2O. The highest BCUT2D eigenvalue weighted by atomic mass is 79.9. The molecule has 3 nitrogen and oxygen atoms in total. The molecule has 0 bridgehead atoms.